The maximum absolute atomic E-state index is 13.9. The number of rotatable bonds is 14. The summed E-state index contributed by atoms with van der Waals surface area (Å²) >= 11 is -2.65. The molecule has 1 aromatic rings. The van der Waals surface area contributed by atoms with Gasteiger partial charge in [0.1, 0.15) is 0 Å². The summed E-state index contributed by atoms with van der Waals surface area (Å²) in [5.74, 6) is -0.236. The Bertz CT molecular complexity index is 776. The molecule has 0 N–H and O–H groups in total. The van der Waals surface area contributed by atoms with E-state index < -0.39 is 18.4 Å². The van der Waals surface area contributed by atoms with Crippen molar-refractivity contribution < 1.29 is 14.3 Å². The van der Waals surface area contributed by atoms with Gasteiger partial charge in [-0.25, -0.2) is 0 Å². The van der Waals surface area contributed by atoms with Crippen LogP contribution in [0, 0.1) is 11.8 Å². The zero-order valence-electron chi connectivity index (χ0n) is 22.8. The summed E-state index contributed by atoms with van der Waals surface area (Å²) in [5, 5.41) is 0. The molecule has 3 nitrogen and oxygen atoms in total. The molecule has 2 aliphatic carbocycles. The van der Waals surface area contributed by atoms with E-state index in [4.69, 9.17) is 4.74 Å². The molecule has 2 unspecified atom stereocenters. The number of Topliss-reactive ketones (excluding diaryl/α,β-unsaturated/α-hetero) is 1. The molecule has 1 saturated carbocycles. The summed E-state index contributed by atoms with van der Waals surface area (Å²) in [6, 6.07) is 8.08. The first kappa shape index (κ1) is 28.7. The maximum atomic E-state index is 13.9. The van der Waals surface area contributed by atoms with Crippen LogP contribution in [0.25, 0.3) is 0 Å². The zero-order valence-corrected chi connectivity index (χ0v) is 25.6. The number of ether oxygens (including phenoxy) is 1. The van der Waals surface area contributed by atoms with Crippen LogP contribution in [0.4, 0.5) is 0 Å². The first-order chi connectivity index (χ1) is 17.0. The fourth-order valence-electron chi connectivity index (χ4n) is 6.63. The van der Waals surface area contributed by atoms with Crippen LogP contribution in [-0.2, 0) is 16.0 Å². The van der Waals surface area contributed by atoms with E-state index in [0.29, 0.717) is 0 Å². The van der Waals surface area contributed by atoms with Gasteiger partial charge in [-0.2, -0.15) is 0 Å². The summed E-state index contributed by atoms with van der Waals surface area (Å²) in [5.41, 5.74) is 2.02. The molecule has 2 aliphatic rings. The molecule has 0 radical (unpaired) electrons. The van der Waals surface area contributed by atoms with E-state index in [9.17, 15) is 9.59 Å². The Hall–Kier alpha value is -0.841. The molecule has 0 aliphatic heterocycles. The number of carbonyl (C=O) groups excluding carboxylic acids is 2. The minimum atomic E-state index is -2.65. The number of fused-ring (bicyclic) bond motifs is 1. The summed E-state index contributed by atoms with van der Waals surface area (Å²) in [7, 11) is 0. The second kappa shape index (κ2) is 14.8. The van der Waals surface area contributed by atoms with Crippen molar-refractivity contribution in [3.63, 3.8) is 0 Å². The fourth-order valence-corrected chi connectivity index (χ4v) is 23.9. The van der Waals surface area contributed by atoms with E-state index in [1.807, 2.05) is 18.2 Å². The van der Waals surface area contributed by atoms with Gasteiger partial charge in [0.25, 0.3) is 0 Å². The van der Waals surface area contributed by atoms with Gasteiger partial charge in [0.05, 0.1) is 0 Å². The van der Waals surface area contributed by atoms with Crippen molar-refractivity contribution in [2.24, 2.45) is 11.8 Å². The van der Waals surface area contributed by atoms with Crippen molar-refractivity contribution in [2.45, 2.75) is 128 Å². The van der Waals surface area contributed by atoms with Crippen molar-refractivity contribution in [1.29, 1.82) is 0 Å². The molecule has 35 heavy (non-hydrogen) atoms. The van der Waals surface area contributed by atoms with Gasteiger partial charge in [0, 0.05) is 0 Å². The van der Waals surface area contributed by atoms with Crippen LogP contribution in [0.15, 0.2) is 24.3 Å². The third-order valence-corrected chi connectivity index (χ3v) is 24.6. The van der Waals surface area contributed by atoms with E-state index >= 15 is 0 Å². The van der Waals surface area contributed by atoms with Crippen molar-refractivity contribution in [3.8, 4) is 0 Å². The molecule has 0 amide bonds. The van der Waals surface area contributed by atoms with Crippen LogP contribution in [0.5, 0.6) is 0 Å². The van der Waals surface area contributed by atoms with Crippen LogP contribution in [0.2, 0.25) is 17.7 Å². The number of unbranched alkanes of at least 4 members (excludes halogenated alkanes) is 3. The van der Waals surface area contributed by atoms with Crippen LogP contribution in [0.1, 0.15) is 114 Å². The number of esters is 1. The molecular formula is C31H50O3Sn. The van der Waals surface area contributed by atoms with Gasteiger partial charge < -0.3 is 0 Å². The molecule has 1 aromatic carbocycles. The molecule has 1 fully saturated rings. The van der Waals surface area contributed by atoms with Crippen LogP contribution < -0.4 is 0 Å². The first-order valence-electron chi connectivity index (χ1n) is 14.9. The predicted molar refractivity (Wildman–Crippen MR) is 149 cm³/mol. The van der Waals surface area contributed by atoms with Crippen LogP contribution in [-0.4, -0.2) is 36.2 Å². The van der Waals surface area contributed by atoms with Gasteiger partial charge in [-0.1, -0.05) is 0 Å². The molecule has 0 spiro atoms. The molecule has 0 saturated heterocycles. The van der Waals surface area contributed by atoms with E-state index in [2.05, 4.69) is 26.8 Å². The minimum absolute atomic E-state index is 0.0276. The molecule has 2 atom stereocenters. The Labute approximate surface area is 219 Å². The number of carbonyl (C=O) groups is 2. The number of hydrogen-bond acceptors (Lipinski definition) is 3. The van der Waals surface area contributed by atoms with Gasteiger partial charge in [-0.15, -0.1) is 0 Å². The number of ketones is 1. The molecular weight excluding hydrogens is 539 g/mol. The summed E-state index contributed by atoms with van der Waals surface area (Å²) in [4.78, 5) is 27.7. The normalized spacial score (nSPS) is 19.9. The van der Waals surface area contributed by atoms with E-state index in [1.54, 1.807) is 0 Å². The van der Waals surface area contributed by atoms with Gasteiger partial charge in [-0.3, -0.25) is 0 Å². The van der Waals surface area contributed by atoms with Crippen LogP contribution in [0.3, 0.4) is 0 Å². The predicted octanol–water partition coefficient (Wildman–Crippen LogP) is 8.77. The topological polar surface area (TPSA) is 43.4 Å². The van der Waals surface area contributed by atoms with Gasteiger partial charge in [0.15, 0.2) is 0 Å². The van der Waals surface area contributed by atoms with Crippen LogP contribution >= 0.6 is 0 Å². The first-order valence-corrected chi connectivity index (χ1v) is 22.9. The second-order valence-electron chi connectivity index (χ2n) is 11.5. The van der Waals surface area contributed by atoms with Crippen molar-refractivity contribution in [3.05, 3.63) is 35.4 Å². The monoisotopic (exact) mass is 590 g/mol. The zero-order chi connectivity index (χ0) is 25.1. The summed E-state index contributed by atoms with van der Waals surface area (Å²) in [6.45, 7) is 6.89. The van der Waals surface area contributed by atoms with Gasteiger partial charge in [-0.05, 0) is 0 Å². The Morgan fingerprint density at radius 1 is 0.914 bits per heavy atom. The molecule has 196 valence electrons. The van der Waals surface area contributed by atoms with Gasteiger partial charge in [0.2, 0.25) is 0 Å². The van der Waals surface area contributed by atoms with Crippen molar-refractivity contribution in [1.82, 2.24) is 0 Å². The summed E-state index contributed by atoms with van der Waals surface area (Å²) in [6.07, 6.45) is 14.9. The van der Waals surface area contributed by atoms with Crippen molar-refractivity contribution >= 4 is 30.1 Å². The average Bonchev–Trinajstić information content (AvgIpc) is 2.89. The number of aryl methyl sites for hydroxylation is 1. The molecule has 0 heterocycles. The number of hydrogen-bond donors (Lipinski definition) is 0. The molecule has 3 rings (SSSR count). The summed E-state index contributed by atoms with van der Waals surface area (Å²) < 4.78 is 11.4. The third-order valence-electron chi connectivity index (χ3n) is 8.80. The van der Waals surface area contributed by atoms with Crippen molar-refractivity contribution in [2.75, 3.05) is 0 Å². The van der Waals surface area contributed by atoms with E-state index in [-0.39, 0.29) is 29.7 Å². The average molecular weight is 589 g/mol. The molecule has 0 bridgehead atoms. The Morgan fingerprint density at radius 2 is 1.51 bits per heavy atom. The quantitative estimate of drug-likeness (QED) is 0.161. The fraction of sp³-hybridized carbons (Fsp3) is 0.742. The van der Waals surface area contributed by atoms with Gasteiger partial charge >= 0.3 is 220 Å². The van der Waals surface area contributed by atoms with E-state index in [0.717, 1.165) is 54.1 Å². The van der Waals surface area contributed by atoms with E-state index in [1.165, 1.54) is 58.3 Å². The Kier molecular flexibility index (Phi) is 12.1. The number of benzene rings is 1. The Morgan fingerprint density at radius 3 is 2.11 bits per heavy atom. The Balaban J connectivity index is 1.91. The molecule has 0 aromatic heterocycles. The second-order valence-corrected chi connectivity index (χ2v) is 25.5. The standard InChI is InChI=1S/C19H23O3.3C4H9.Sn/c1-13(19(21)22-15-8-3-2-4-9-15)16-12-11-14-7-5-6-10-17(14)18(16)20;3*1-3-4-2;/h5-7,10,13,15-16H,1-4,8-9,11-12H2;3*1,3-4H2,2H3;. The SMILES string of the molecule is CCC[CH2][Sn]([CH2]CCC)([CH2]CCC)[CH2]C(C(=O)OC1CCCCC1)C1CCc2ccccc2C1=O. The molecule has 4 heteroatoms. The third kappa shape index (κ3) is 8.07.